The highest BCUT2D eigenvalue weighted by molar-refractivity contribution is 5.19. The van der Waals surface area contributed by atoms with Crippen LogP contribution in [-0.4, -0.2) is 60.8 Å². The number of aliphatic hydroxyl groups excluding tert-OH is 2. The summed E-state index contributed by atoms with van der Waals surface area (Å²) in [7, 11) is 0. The van der Waals surface area contributed by atoms with Crippen molar-refractivity contribution in [2.24, 2.45) is 0 Å². The first-order chi connectivity index (χ1) is 12.5. The second-order valence-electron chi connectivity index (χ2n) is 6.57. The summed E-state index contributed by atoms with van der Waals surface area (Å²) < 4.78 is 12.4. The molecule has 10 heteroatoms. The van der Waals surface area contributed by atoms with Gasteiger partial charge in [-0.15, -0.1) is 0 Å². The Balaban J connectivity index is 1.63. The predicted molar refractivity (Wildman–Crippen MR) is 88.0 cm³/mol. The summed E-state index contributed by atoms with van der Waals surface area (Å²) in [6, 6.07) is 0. The van der Waals surface area contributed by atoms with Crippen LogP contribution in [0.25, 0.3) is 5.95 Å². The molecule has 2 aliphatic heterocycles. The van der Waals surface area contributed by atoms with Gasteiger partial charge in [0.05, 0.1) is 17.8 Å². The lowest BCUT2D eigenvalue weighted by Crippen LogP contribution is -2.35. The summed E-state index contributed by atoms with van der Waals surface area (Å²) in [5, 5.41) is 20.7. The van der Waals surface area contributed by atoms with E-state index in [1.165, 1.54) is 18.6 Å². The lowest BCUT2D eigenvalue weighted by Gasteiger charge is -2.18. The second-order valence-corrected chi connectivity index (χ2v) is 6.57. The Bertz CT molecular complexity index is 870. The van der Waals surface area contributed by atoms with E-state index >= 15 is 0 Å². The number of ether oxygens (including phenoxy) is 2. The highest BCUT2D eigenvalue weighted by Crippen LogP contribution is 2.35. The average molecular weight is 364 g/mol. The van der Waals surface area contributed by atoms with Crippen molar-refractivity contribution in [3.05, 3.63) is 45.0 Å². The van der Waals surface area contributed by atoms with Crippen LogP contribution in [0.2, 0.25) is 0 Å². The van der Waals surface area contributed by atoms with Crippen molar-refractivity contribution in [2.75, 3.05) is 6.61 Å². The first-order valence-electron chi connectivity index (χ1n) is 8.53. The van der Waals surface area contributed by atoms with Crippen LogP contribution >= 0.6 is 0 Å². The molecule has 2 fully saturated rings. The van der Waals surface area contributed by atoms with Gasteiger partial charge in [0.25, 0.3) is 5.56 Å². The minimum absolute atomic E-state index is 0.0315. The maximum absolute atomic E-state index is 12.3. The molecule has 2 aromatic rings. The molecule has 5 atom stereocenters. The molecule has 0 bridgehead atoms. The van der Waals surface area contributed by atoms with Gasteiger partial charge < -0.3 is 24.7 Å². The largest absolute Gasteiger partial charge is 0.388 e. The molecule has 4 heterocycles. The maximum Gasteiger partial charge on any atom is 0.335 e. The van der Waals surface area contributed by atoms with Crippen molar-refractivity contribution >= 4 is 0 Å². The lowest BCUT2D eigenvalue weighted by atomic mass is 10.00. The zero-order valence-corrected chi connectivity index (χ0v) is 13.9. The highest BCUT2D eigenvalue weighted by atomic mass is 16.5. The van der Waals surface area contributed by atoms with Crippen molar-refractivity contribution < 1.29 is 19.7 Å². The molecule has 0 saturated carbocycles. The number of hydrogen-bond acceptors (Lipinski definition) is 7. The fourth-order valence-electron chi connectivity index (χ4n) is 3.52. The third kappa shape index (κ3) is 3.01. The number of rotatable bonds is 4. The Hall–Kier alpha value is -2.27. The number of nitrogens with one attached hydrogen (secondary N) is 2. The third-order valence-corrected chi connectivity index (χ3v) is 4.87. The molecule has 26 heavy (non-hydrogen) atoms. The summed E-state index contributed by atoms with van der Waals surface area (Å²) in [4.78, 5) is 33.2. The molecule has 4 rings (SSSR count). The molecule has 0 aliphatic carbocycles. The Kier molecular flexibility index (Phi) is 4.49. The molecule has 0 aromatic carbocycles. The zero-order valence-electron chi connectivity index (χ0n) is 13.9. The van der Waals surface area contributed by atoms with Gasteiger partial charge in [0.15, 0.2) is 0 Å². The van der Waals surface area contributed by atoms with Gasteiger partial charge in [-0.3, -0.25) is 9.78 Å². The van der Waals surface area contributed by atoms with Crippen LogP contribution in [-0.2, 0) is 9.47 Å². The Labute approximate surface area is 147 Å². The van der Waals surface area contributed by atoms with E-state index in [4.69, 9.17) is 9.47 Å². The van der Waals surface area contributed by atoms with Gasteiger partial charge in [-0.05, 0) is 12.8 Å². The molecule has 2 saturated heterocycles. The number of hydrogen-bond donors (Lipinski definition) is 4. The normalized spacial score (nSPS) is 31.5. The number of aromatic amines is 2. The Morgan fingerprint density at radius 1 is 1.31 bits per heavy atom. The molecule has 0 spiro atoms. The highest BCUT2D eigenvalue weighted by Gasteiger charge is 2.45. The van der Waals surface area contributed by atoms with Crippen LogP contribution in [0.15, 0.2) is 28.2 Å². The molecule has 10 nitrogen and oxygen atoms in total. The molecule has 2 aliphatic rings. The van der Waals surface area contributed by atoms with E-state index in [2.05, 4.69) is 15.0 Å². The van der Waals surface area contributed by atoms with Crippen molar-refractivity contribution in [1.82, 2.24) is 19.5 Å². The van der Waals surface area contributed by atoms with Crippen molar-refractivity contribution in [3.8, 4) is 5.95 Å². The van der Waals surface area contributed by atoms with Crippen LogP contribution < -0.4 is 11.2 Å². The third-order valence-electron chi connectivity index (χ3n) is 4.87. The van der Waals surface area contributed by atoms with Gasteiger partial charge in [-0.2, -0.15) is 0 Å². The molecule has 1 unspecified atom stereocenters. The summed E-state index contributed by atoms with van der Waals surface area (Å²) in [6.45, 7) is 0.674. The number of H-pyrrole nitrogens is 2. The van der Waals surface area contributed by atoms with Gasteiger partial charge in [0, 0.05) is 31.6 Å². The monoisotopic (exact) mass is 364 g/mol. The van der Waals surface area contributed by atoms with Gasteiger partial charge in [0.1, 0.15) is 18.3 Å². The molecule has 2 aromatic heterocycles. The van der Waals surface area contributed by atoms with E-state index in [1.54, 1.807) is 0 Å². The minimum Gasteiger partial charge on any atom is -0.388 e. The molecule has 140 valence electrons. The quantitative estimate of drug-likeness (QED) is 0.544. The van der Waals surface area contributed by atoms with E-state index < -0.39 is 35.7 Å². The fraction of sp³-hybridized carbons (Fsp3) is 0.562. The van der Waals surface area contributed by atoms with Crippen LogP contribution in [0.1, 0.15) is 30.9 Å². The van der Waals surface area contributed by atoms with Crippen LogP contribution in [0.5, 0.6) is 0 Å². The topological polar surface area (TPSA) is 142 Å². The lowest BCUT2D eigenvalue weighted by molar-refractivity contribution is -0.0263. The fourth-order valence-corrected chi connectivity index (χ4v) is 3.52. The smallest absolute Gasteiger partial charge is 0.335 e. The maximum atomic E-state index is 12.3. The van der Waals surface area contributed by atoms with Crippen LogP contribution in [0, 0.1) is 0 Å². The van der Waals surface area contributed by atoms with Gasteiger partial charge in [-0.1, -0.05) is 0 Å². The van der Waals surface area contributed by atoms with E-state index in [0.717, 1.165) is 17.4 Å². The molecule has 4 N–H and O–H groups in total. The molecular weight excluding hydrogens is 344 g/mol. The molecular formula is C16H20N4O6. The SMILES string of the molecule is O=c1[nH]c(=O)n(-c2ncc[nH]2)cc1[C@@H]1O[C@H](CC2CCCO2)[C@@H](O)[C@H]1O. The minimum atomic E-state index is -1.29. The first-order valence-corrected chi connectivity index (χ1v) is 8.53. The summed E-state index contributed by atoms with van der Waals surface area (Å²) in [5.41, 5.74) is -1.30. The Morgan fingerprint density at radius 3 is 2.85 bits per heavy atom. The number of nitrogens with zero attached hydrogens (tertiary/aromatic N) is 2. The average Bonchev–Trinajstić information content (AvgIpc) is 3.35. The van der Waals surface area contributed by atoms with Crippen molar-refractivity contribution in [3.63, 3.8) is 0 Å². The van der Waals surface area contributed by atoms with Crippen molar-refractivity contribution in [1.29, 1.82) is 0 Å². The predicted octanol–water partition coefficient (Wildman–Crippen LogP) is -1.02. The Morgan fingerprint density at radius 2 is 2.15 bits per heavy atom. The van der Waals surface area contributed by atoms with E-state index in [-0.39, 0.29) is 17.6 Å². The summed E-state index contributed by atoms with van der Waals surface area (Å²) in [5.74, 6) is 0.219. The number of imidazole rings is 1. The zero-order chi connectivity index (χ0) is 18.3. The van der Waals surface area contributed by atoms with Crippen LogP contribution in [0.4, 0.5) is 0 Å². The van der Waals surface area contributed by atoms with Crippen molar-refractivity contribution in [2.45, 2.75) is 49.8 Å². The first kappa shape index (κ1) is 17.2. The summed E-state index contributed by atoms with van der Waals surface area (Å²) in [6.07, 6.45) is 2.37. The van der Waals surface area contributed by atoms with Gasteiger partial charge in [0.2, 0.25) is 5.95 Å². The second kappa shape index (κ2) is 6.80. The van der Waals surface area contributed by atoms with Gasteiger partial charge >= 0.3 is 5.69 Å². The molecule has 0 radical (unpaired) electrons. The molecule has 0 amide bonds. The van der Waals surface area contributed by atoms with E-state index in [0.29, 0.717) is 13.0 Å². The van der Waals surface area contributed by atoms with E-state index in [1.807, 2.05) is 0 Å². The number of aromatic nitrogens is 4. The van der Waals surface area contributed by atoms with Gasteiger partial charge in [-0.25, -0.2) is 14.3 Å². The van der Waals surface area contributed by atoms with E-state index in [9.17, 15) is 19.8 Å². The van der Waals surface area contributed by atoms with Crippen LogP contribution in [0.3, 0.4) is 0 Å². The summed E-state index contributed by atoms with van der Waals surface area (Å²) >= 11 is 0. The number of aliphatic hydroxyl groups is 2. The standard InChI is InChI=1S/C16H20N4O6/c21-11-10(6-8-2-1-5-25-8)26-13(12(11)22)9-7-20(15-17-3-4-18-15)16(24)19-14(9)23/h3-4,7-8,10-13,21-22H,1-2,5-6H2,(H,17,18)(H,19,23,24)/t8?,10-,11-,12-,13+/m1/s1.